The highest BCUT2D eigenvalue weighted by atomic mass is 16.5. The maximum Gasteiger partial charge on any atom is 0.360 e. The average Bonchev–Trinajstić information content (AvgIpc) is 2.84. The summed E-state index contributed by atoms with van der Waals surface area (Å²) in [4.78, 5) is 39.0. The summed E-state index contributed by atoms with van der Waals surface area (Å²) in [6, 6.07) is 20.8. The van der Waals surface area contributed by atoms with Crippen molar-refractivity contribution in [2.24, 2.45) is 0 Å². The van der Waals surface area contributed by atoms with Gasteiger partial charge in [0.2, 0.25) is 0 Å². The molecule has 0 aliphatic rings. The second kappa shape index (κ2) is 9.99. The lowest BCUT2D eigenvalue weighted by molar-refractivity contribution is 0.0518. The van der Waals surface area contributed by atoms with E-state index >= 15 is 0 Å². The third-order valence-electron chi connectivity index (χ3n) is 5.07. The third kappa shape index (κ3) is 4.52. The number of benzene rings is 3. The van der Waals surface area contributed by atoms with E-state index in [2.05, 4.69) is 10.4 Å². The van der Waals surface area contributed by atoms with E-state index in [1.165, 1.54) is 0 Å². The number of ether oxygens (including phenoxy) is 2. The first kappa shape index (κ1) is 22.7. The van der Waals surface area contributed by atoms with Gasteiger partial charge in [-0.25, -0.2) is 4.79 Å². The fourth-order valence-electron chi connectivity index (χ4n) is 3.60. The first-order chi connectivity index (χ1) is 16.5. The SMILES string of the molecule is CCOC(=O)c1nn(-c2ccccc2)c(=O)cc1NC(=O)c1c(OCC)ccc2ccccc12. The summed E-state index contributed by atoms with van der Waals surface area (Å²) in [7, 11) is 0. The number of nitrogens with one attached hydrogen (secondary N) is 1. The summed E-state index contributed by atoms with van der Waals surface area (Å²) in [5, 5.41) is 8.42. The van der Waals surface area contributed by atoms with Gasteiger partial charge in [0.1, 0.15) is 5.75 Å². The van der Waals surface area contributed by atoms with Gasteiger partial charge in [-0.3, -0.25) is 9.59 Å². The van der Waals surface area contributed by atoms with Crippen LogP contribution in [0, 0.1) is 0 Å². The molecule has 8 nitrogen and oxygen atoms in total. The number of fused-ring (bicyclic) bond motifs is 1. The number of carbonyl (C=O) groups is 2. The molecule has 0 saturated heterocycles. The van der Waals surface area contributed by atoms with Crippen LogP contribution < -0.4 is 15.6 Å². The highest BCUT2D eigenvalue weighted by Gasteiger charge is 2.23. The number of esters is 1. The summed E-state index contributed by atoms with van der Waals surface area (Å²) in [6.45, 7) is 3.95. The van der Waals surface area contributed by atoms with Gasteiger partial charge in [0.05, 0.1) is 30.2 Å². The van der Waals surface area contributed by atoms with Gasteiger partial charge in [-0.2, -0.15) is 9.78 Å². The lowest BCUT2D eigenvalue weighted by atomic mass is 10.0. The Labute approximate surface area is 195 Å². The van der Waals surface area contributed by atoms with E-state index in [4.69, 9.17) is 9.47 Å². The molecule has 3 aromatic carbocycles. The molecule has 1 heterocycles. The van der Waals surface area contributed by atoms with Crippen LogP contribution in [0.1, 0.15) is 34.7 Å². The molecule has 0 aliphatic carbocycles. The fraction of sp³-hybridized carbons (Fsp3) is 0.154. The number of nitrogens with zero attached hydrogens (tertiary/aromatic N) is 2. The molecule has 1 amide bonds. The van der Waals surface area contributed by atoms with Crippen molar-refractivity contribution < 1.29 is 19.1 Å². The smallest absolute Gasteiger partial charge is 0.360 e. The number of hydrogen-bond donors (Lipinski definition) is 1. The van der Waals surface area contributed by atoms with E-state index in [1.54, 1.807) is 43.3 Å². The van der Waals surface area contributed by atoms with Crippen LogP contribution in [0.3, 0.4) is 0 Å². The Kier molecular flexibility index (Phi) is 6.68. The van der Waals surface area contributed by atoms with Crippen LogP contribution in [0.5, 0.6) is 5.75 Å². The van der Waals surface area contributed by atoms with Crippen molar-refractivity contribution in [3.05, 3.63) is 94.4 Å². The predicted molar refractivity (Wildman–Crippen MR) is 129 cm³/mol. The van der Waals surface area contributed by atoms with Gasteiger partial charge in [-0.05, 0) is 42.8 Å². The fourth-order valence-corrected chi connectivity index (χ4v) is 3.60. The highest BCUT2D eigenvalue weighted by molar-refractivity contribution is 6.16. The summed E-state index contributed by atoms with van der Waals surface area (Å²) in [5.41, 5.74) is 0.0240. The maximum absolute atomic E-state index is 13.4. The lowest BCUT2D eigenvalue weighted by Gasteiger charge is -2.15. The summed E-state index contributed by atoms with van der Waals surface area (Å²) >= 11 is 0. The van der Waals surface area contributed by atoms with Crippen molar-refractivity contribution in [2.45, 2.75) is 13.8 Å². The molecule has 0 atom stereocenters. The summed E-state index contributed by atoms with van der Waals surface area (Å²) < 4.78 is 11.9. The van der Waals surface area contributed by atoms with Crippen LogP contribution in [0.15, 0.2) is 77.6 Å². The molecule has 0 aliphatic heterocycles. The Hall–Kier alpha value is -4.46. The molecule has 172 valence electrons. The largest absolute Gasteiger partial charge is 0.493 e. The Bertz CT molecular complexity index is 1410. The van der Waals surface area contributed by atoms with E-state index in [9.17, 15) is 14.4 Å². The van der Waals surface area contributed by atoms with Crippen LogP contribution in [-0.2, 0) is 4.74 Å². The number of aromatic nitrogens is 2. The van der Waals surface area contributed by atoms with Gasteiger partial charge in [-0.1, -0.05) is 48.5 Å². The van der Waals surface area contributed by atoms with Gasteiger partial charge in [-0.15, -0.1) is 0 Å². The quantitative estimate of drug-likeness (QED) is 0.417. The van der Waals surface area contributed by atoms with Crippen molar-refractivity contribution >= 4 is 28.3 Å². The number of rotatable bonds is 7. The van der Waals surface area contributed by atoms with E-state index in [-0.39, 0.29) is 18.0 Å². The second-order valence-corrected chi connectivity index (χ2v) is 7.26. The molecule has 0 unspecified atom stereocenters. The summed E-state index contributed by atoms with van der Waals surface area (Å²) in [5.74, 6) is -0.906. The highest BCUT2D eigenvalue weighted by Crippen LogP contribution is 2.29. The topological polar surface area (TPSA) is 99.5 Å². The normalized spacial score (nSPS) is 10.6. The predicted octanol–water partition coefficient (Wildman–Crippen LogP) is 4.21. The molecule has 4 aromatic rings. The van der Waals surface area contributed by atoms with Crippen molar-refractivity contribution in [1.82, 2.24) is 9.78 Å². The van der Waals surface area contributed by atoms with Gasteiger partial charge in [0.15, 0.2) is 5.69 Å². The van der Waals surface area contributed by atoms with E-state index in [0.717, 1.165) is 16.1 Å². The average molecular weight is 457 g/mol. The minimum Gasteiger partial charge on any atom is -0.493 e. The number of hydrogen-bond acceptors (Lipinski definition) is 6. The van der Waals surface area contributed by atoms with Crippen LogP contribution in [-0.4, -0.2) is 34.9 Å². The molecule has 1 N–H and O–H groups in total. The lowest BCUT2D eigenvalue weighted by Crippen LogP contribution is -2.27. The first-order valence-corrected chi connectivity index (χ1v) is 10.9. The van der Waals surface area contributed by atoms with E-state index in [0.29, 0.717) is 29.0 Å². The molecule has 0 spiro atoms. The zero-order chi connectivity index (χ0) is 24.1. The third-order valence-corrected chi connectivity index (χ3v) is 5.07. The van der Waals surface area contributed by atoms with Crippen LogP contribution in [0.2, 0.25) is 0 Å². The zero-order valence-electron chi connectivity index (χ0n) is 18.8. The molecule has 0 bridgehead atoms. The van der Waals surface area contributed by atoms with Crippen LogP contribution >= 0.6 is 0 Å². The molecular weight excluding hydrogens is 434 g/mol. The van der Waals surface area contributed by atoms with Gasteiger partial charge in [0.25, 0.3) is 11.5 Å². The first-order valence-electron chi connectivity index (χ1n) is 10.9. The van der Waals surface area contributed by atoms with E-state index in [1.807, 2.05) is 37.3 Å². The molecule has 0 saturated carbocycles. The molecular formula is C26H23N3O5. The minimum absolute atomic E-state index is 0.0454. The maximum atomic E-state index is 13.4. The van der Waals surface area contributed by atoms with Crippen molar-refractivity contribution in [2.75, 3.05) is 18.5 Å². The van der Waals surface area contributed by atoms with Crippen molar-refractivity contribution in [3.8, 4) is 11.4 Å². The molecule has 34 heavy (non-hydrogen) atoms. The minimum atomic E-state index is -0.759. The van der Waals surface area contributed by atoms with Gasteiger partial charge in [0, 0.05) is 6.07 Å². The Morgan fingerprint density at radius 2 is 1.68 bits per heavy atom. The molecule has 0 radical (unpaired) electrons. The number of carbonyl (C=O) groups excluding carboxylic acids is 2. The number of para-hydroxylation sites is 1. The monoisotopic (exact) mass is 457 g/mol. The molecule has 1 aromatic heterocycles. The number of anilines is 1. The Morgan fingerprint density at radius 3 is 2.41 bits per heavy atom. The van der Waals surface area contributed by atoms with E-state index < -0.39 is 17.4 Å². The number of amides is 1. The van der Waals surface area contributed by atoms with Crippen LogP contribution in [0.4, 0.5) is 5.69 Å². The summed E-state index contributed by atoms with van der Waals surface area (Å²) in [6.07, 6.45) is 0. The van der Waals surface area contributed by atoms with Gasteiger partial charge >= 0.3 is 5.97 Å². The van der Waals surface area contributed by atoms with Gasteiger partial charge < -0.3 is 14.8 Å². The van der Waals surface area contributed by atoms with Crippen molar-refractivity contribution in [1.29, 1.82) is 0 Å². The molecule has 4 rings (SSSR count). The second-order valence-electron chi connectivity index (χ2n) is 7.26. The standard InChI is InChI=1S/C26H23N3O5/c1-3-33-21-15-14-17-10-8-9-13-19(17)23(21)25(31)27-20-16-22(30)29(18-11-6-5-7-12-18)28-24(20)26(32)34-4-2/h5-16H,3-4H2,1-2H3,(H,27,31). The Balaban J connectivity index is 1.82. The molecule has 0 fully saturated rings. The Morgan fingerprint density at radius 1 is 0.941 bits per heavy atom. The molecule has 8 heteroatoms. The van der Waals surface area contributed by atoms with Crippen LogP contribution in [0.25, 0.3) is 16.5 Å². The van der Waals surface area contributed by atoms with Crippen molar-refractivity contribution in [3.63, 3.8) is 0 Å². The zero-order valence-corrected chi connectivity index (χ0v) is 18.8.